The van der Waals surface area contributed by atoms with Crippen molar-refractivity contribution in [2.75, 3.05) is 19.8 Å². The molecule has 0 aromatic heterocycles. The van der Waals surface area contributed by atoms with Crippen molar-refractivity contribution in [3.8, 4) is 5.75 Å². The van der Waals surface area contributed by atoms with E-state index >= 15 is 0 Å². The maximum atomic E-state index is 12.4. The van der Waals surface area contributed by atoms with E-state index < -0.39 is 29.6 Å². The lowest BCUT2D eigenvalue weighted by Gasteiger charge is -2.13. The summed E-state index contributed by atoms with van der Waals surface area (Å²) in [6.45, 7) is 4.75. The summed E-state index contributed by atoms with van der Waals surface area (Å²) >= 11 is 0.760. The fourth-order valence-corrected chi connectivity index (χ4v) is 3.06. The van der Waals surface area contributed by atoms with Crippen LogP contribution in [0.3, 0.4) is 0 Å². The van der Waals surface area contributed by atoms with Crippen LogP contribution in [0.1, 0.15) is 26.3 Å². The van der Waals surface area contributed by atoms with Gasteiger partial charge in [-0.1, -0.05) is 12.1 Å². The minimum absolute atomic E-state index is 0.196. The van der Waals surface area contributed by atoms with Crippen LogP contribution in [0, 0.1) is 0 Å². The monoisotopic (exact) mass is 407 g/mol. The molecule has 0 bridgehead atoms. The van der Waals surface area contributed by atoms with Gasteiger partial charge in [-0.2, -0.15) is 0 Å². The second-order valence-corrected chi connectivity index (χ2v) is 6.96. The molecule has 0 spiro atoms. The van der Waals surface area contributed by atoms with E-state index in [1.54, 1.807) is 51.1 Å². The van der Waals surface area contributed by atoms with Gasteiger partial charge in [0.15, 0.2) is 6.61 Å². The number of hydrogen-bond donors (Lipinski definition) is 0. The van der Waals surface area contributed by atoms with Crippen molar-refractivity contribution in [3.63, 3.8) is 0 Å². The molecular formula is C19H21NO7S. The van der Waals surface area contributed by atoms with E-state index in [0.717, 1.165) is 16.7 Å². The van der Waals surface area contributed by atoms with Crippen molar-refractivity contribution < 1.29 is 33.4 Å². The Morgan fingerprint density at radius 2 is 1.82 bits per heavy atom. The maximum absolute atomic E-state index is 12.4. The van der Waals surface area contributed by atoms with E-state index in [1.165, 1.54) is 0 Å². The number of rotatable bonds is 8. The topological polar surface area (TPSA) is 99.2 Å². The lowest BCUT2D eigenvalue weighted by molar-refractivity contribution is -0.149. The van der Waals surface area contributed by atoms with Gasteiger partial charge in [0.05, 0.1) is 17.6 Å². The maximum Gasteiger partial charge on any atom is 0.344 e. The smallest absolute Gasteiger partial charge is 0.344 e. The Kier molecular flexibility index (Phi) is 7.62. The molecule has 1 aromatic rings. The fourth-order valence-electron chi connectivity index (χ4n) is 2.22. The number of imide groups is 1. The van der Waals surface area contributed by atoms with Gasteiger partial charge in [-0.05, 0) is 56.3 Å². The van der Waals surface area contributed by atoms with Crippen LogP contribution < -0.4 is 4.74 Å². The van der Waals surface area contributed by atoms with Crippen LogP contribution in [0.4, 0.5) is 4.79 Å². The van der Waals surface area contributed by atoms with Crippen LogP contribution in [0.15, 0.2) is 29.2 Å². The van der Waals surface area contributed by atoms with Gasteiger partial charge < -0.3 is 14.2 Å². The lowest BCUT2D eigenvalue weighted by Crippen LogP contribution is -2.35. The van der Waals surface area contributed by atoms with E-state index in [-0.39, 0.29) is 24.2 Å². The number of carbonyl (C=O) groups is 4. The number of nitrogens with zero attached hydrogens (tertiary/aromatic N) is 1. The van der Waals surface area contributed by atoms with Crippen molar-refractivity contribution >= 4 is 40.9 Å². The Hall–Kier alpha value is -2.81. The summed E-state index contributed by atoms with van der Waals surface area (Å²) in [6, 6.07) is 6.63. The van der Waals surface area contributed by atoms with Gasteiger partial charge >= 0.3 is 11.9 Å². The number of esters is 2. The molecule has 1 aliphatic rings. The zero-order valence-corrected chi connectivity index (χ0v) is 16.6. The van der Waals surface area contributed by atoms with Crippen LogP contribution >= 0.6 is 11.8 Å². The van der Waals surface area contributed by atoms with Gasteiger partial charge in [-0.15, -0.1) is 0 Å². The first kappa shape index (κ1) is 21.5. The molecule has 0 atom stereocenters. The average molecular weight is 407 g/mol. The number of thioether (sulfide) groups is 1. The Balaban J connectivity index is 1.99. The molecule has 1 heterocycles. The Morgan fingerprint density at radius 3 is 2.43 bits per heavy atom. The number of ether oxygens (including phenoxy) is 3. The predicted molar refractivity (Wildman–Crippen MR) is 102 cm³/mol. The molecule has 1 saturated heterocycles. The summed E-state index contributed by atoms with van der Waals surface area (Å²) in [5, 5.41) is -0.522. The van der Waals surface area contributed by atoms with E-state index in [9.17, 15) is 19.2 Å². The molecule has 1 aliphatic heterocycles. The number of carbonyl (C=O) groups excluding carboxylic acids is 4. The van der Waals surface area contributed by atoms with Gasteiger partial charge in [-0.25, -0.2) is 4.79 Å². The van der Waals surface area contributed by atoms with E-state index in [1.807, 2.05) is 0 Å². The van der Waals surface area contributed by atoms with E-state index in [0.29, 0.717) is 11.3 Å². The molecule has 0 N–H and O–H groups in total. The molecule has 150 valence electrons. The molecule has 8 nitrogen and oxygen atoms in total. The summed E-state index contributed by atoms with van der Waals surface area (Å²) in [6.07, 6.45) is 1.22. The molecule has 0 aliphatic carbocycles. The zero-order valence-electron chi connectivity index (χ0n) is 15.8. The van der Waals surface area contributed by atoms with Gasteiger partial charge in [0.25, 0.3) is 11.1 Å². The summed E-state index contributed by atoms with van der Waals surface area (Å²) in [5.41, 5.74) is 0.666. The fraction of sp³-hybridized carbons (Fsp3) is 0.368. The van der Waals surface area contributed by atoms with Gasteiger partial charge in [0.1, 0.15) is 12.3 Å². The summed E-state index contributed by atoms with van der Waals surface area (Å²) in [4.78, 5) is 48.5. The third-order valence-electron chi connectivity index (χ3n) is 3.37. The third-order valence-corrected chi connectivity index (χ3v) is 4.28. The standard InChI is InChI=1S/C19H21NO7S/c1-4-25-17(22)11-26-14-7-5-13(6-8-14)9-15-18(23)20(19(24)28-15)10-16(21)27-12(2)3/h5-9,12H,4,10-11H2,1-3H3/b15-9-. The lowest BCUT2D eigenvalue weighted by atomic mass is 10.2. The summed E-state index contributed by atoms with van der Waals surface area (Å²) < 4.78 is 15.0. The molecule has 28 heavy (non-hydrogen) atoms. The molecule has 0 radical (unpaired) electrons. The summed E-state index contributed by atoms with van der Waals surface area (Å²) in [7, 11) is 0. The zero-order chi connectivity index (χ0) is 20.7. The van der Waals surface area contributed by atoms with Gasteiger partial charge in [0.2, 0.25) is 0 Å². The number of amides is 2. The highest BCUT2D eigenvalue weighted by Crippen LogP contribution is 2.32. The first-order valence-electron chi connectivity index (χ1n) is 8.63. The molecular weight excluding hydrogens is 386 g/mol. The summed E-state index contributed by atoms with van der Waals surface area (Å²) in [5.74, 6) is -1.18. The number of benzene rings is 1. The van der Waals surface area contributed by atoms with Crippen molar-refractivity contribution in [3.05, 3.63) is 34.7 Å². The molecule has 9 heteroatoms. The molecule has 1 aromatic carbocycles. The second-order valence-electron chi connectivity index (χ2n) is 5.97. The molecule has 0 saturated carbocycles. The highest BCUT2D eigenvalue weighted by molar-refractivity contribution is 8.18. The van der Waals surface area contributed by atoms with Crippen LogP contribution in [0.25, 0.3) is 6.08 Å². The quantitative estimate of drug-likeness (QED) is 0.479. The second kappa shape index (κ2) is 9.93. The first-order valence-corrected chi connectivity index (χ1v) is 9.45. The van der Waals surface area contributed by atoms with Crippen LogP contribution in [-0.2, 0) is 23.9 Å². The van der Waals surface area contributed by atoms with Crippen LogP contribution in [0.5, 0.6) is 5.75 Å². The first-order chi connectivity index (χ1) is 13.3. The SMILES string of the molecule is CCOC(=O)COc1ccc(/C=C2\SC(=O)N(CC(=O)OC(C)C)C2=O)cc1. The Bertz CT molecular complexity index is 786. The third kappa shape index (κ3) is 6.12. The van der Waals surface area contributed by atoms with Crippen molar-refractivity contribution in [1.82, 2.24) is 4.90 Å². The largest absolute Gasteiger partial charge is 0.482 e. The Labute approximate surface area is 166 Å². The molecule has 2 rings (SSSR count). The molecule has 2 amide bonds. The van der Waals surface area contributed by atoms with Crippen molar-refractivity contribution in [2.24, 2.45) is 0 Å². The molecule has 1 fully saturated rings. The normalized spacial score (nSPS) is 15.3. The van der Waals surface area contributed by atoms with Crippen LogP contribution in [0.2, 0.25) is 0 Å². The highest BCUT2D eigenvalue weighted by atomic mass is 32.2. The minimum atomic E-state index is -0.637. The van der Waals surface area contributed by atoms with Gasteiger partial charge in [0, 0.05) is 0 Å². The predicted octanol–water partition coefficient (Wildman–Crippen LogP) is 2.62. The van der Waals surface area contributed by atoms with Gasteiger partial charge in [-0.3, -0.25) is 19.3 Å². The van der Waals surface area contributed by atoms with Crippen molar-refractivity contribution in [1.29, 1.82) is 0 Å². The number of hydrogen-bond acceptors (Lipinski definition) is 8. The molecule has 0 unspecified atom stereocenters. The van der Waals surface area contributed by atoms with Crippen molar-refractivity contribution in [2.45, 2.75) is 26.9 Å². The average Bonchev–Trinajstić information content (AvgIpc) is 2.88. The van der Waals surface area contributed by atoms with E-state index in [2.05, 4.69) is 0 Å². The minimum Gasteiger partial charge on any atom is -0.482 e. The highest BCUT2D eigenvalue weighted by Gasteiger charge is 2.36. The van der Waals surface area contributed by atoms with Crippen LogP contribution in [-0.4, -0.2) is 53.8 Å². The Morgan fingerprint density at radius 1 is 1.14 bits per heavy atom. The van der Waals surface area contributed by atoms with E-state index in [4.69, 9.17) is 14.2 Å².